The number of aliphatic hydroxyl groups is 1. The number of para-hydroxylation sites is 1. The van der Waals surface area contributed by atoms with E-state index in [2.05, 4.69) is 12.2 Å². The maximum atomic E-state index is 9.81. The summed E-state index contributed by atoms with van der Waals surface area (Å²) in [6.45, 7) is 3.29. The summed E-state index contributed by atoms with van der Waals surface area (Å²) in [6.07, 6.45) is -0.364. The molecule has 2 unspecified atom stereocenters. The van der Waals surface area contributed by atoms with Gasteiger partial charge in [-0.1, -0.05) is 18.2 Å². The number of hydrogen-bond acceptors (Lipinski definition) is 4. The van der Waals surface area contributed by atoms with Gasteiger partial charge in [-0.15, -0.1) is 0 Å². The lowest BCUT2D eigenvalue weighted by molar-refractivity contribution is 0.132. The molecule has 0 heterocycles. The van der Waals surface area contributed by atoms with Crippen LogP contribution in [0.1, 0.15) is 18.5 Å². The van der Waals surface area contributed by atoms with Crippen LogP contribution in [0.15, 0.2) is 24.3 Å². The molecule has 0 aliphatic heterocycles. The predicted octanol–water partition coefficient (Wildman–Crippen LogP) is 1.27. The summed E-state index contributed by atoms with van der Waals surface area (Å²) in [5.41, 5.74) is 1.11. The first-order chi connectivity index (χ1) is 8.54. The molecule has 0 fully saturated rings. The first-order valence-electron chi connectivity index (χ1n) is 6.23. The second kappa shape index (κ2) is 7.36. The number of hydrogen-bond donors (Lipinski definition) is 2. The molecule has 4 nitrogen and oxygen atoms in total. The third kappa shape index (κ3) is 4.64. The van der Waals surface area contributed by atoms with Crippen molar-refractivity contribution in [1.82, 2.24) is 10.2 Å². The van der Waals surface area contributed by atoms with Gasteiger partial charge in [-0.05, 0) is 27.1 Å². The number of benzene rings is 1. The lowest BCUT2D eigenvalue weighted by Crippen LogP contribution is -2.36. The molecule has 0 radical (unpaired) electrons. The molecular formula is C14H24N2O2. The number of aliphatic hydroxyl groups excluding tert-OH is 1. The Morgan fingerprint density at radius 2 is 2.00 bits per heavy atom. The second-order valence-corrected chi connectivity index (χ2v) is 4.79. The Kier molecular flexibility index (Phi) is 6.12. The van der Waals surface area contributed by atoms with Crippen molar-refractivity contribution in [2.24, 2.45) is 0 Å². The fourth-order valence-corrected chi connectivity index (χ4v) is 1.93. The molecule has 0 spiro atoms. The Bertz CT molecular complexity index is 355. The van der Waals surface area contributed by atoms with Crippen LogP contribution in [0.5, 0.6) is 5.75 Å². The third-order valence-electron chi connectivity index (χ3n) is 2.84. The highest BCUT2D eigenvalue weighted by Gasteiger charge is 2.12. The van der Waals surface area contributed by atoms with Crippen molar-refractivity contribution < 1.29 is 9.84 Å². The Labute approximate surface area is 110 Å². The highest BCUT2D eigenvalue weighted by Crippen LogP contribution is 2.24. The van der Waals surface area contributed by atoms with Gasteiger partial charge in [0, 0.05) is 24.7 Å². The van der Waals surface area contributed by atoms with Crippen LogP contribution in [0.25, 0.3) is 0 Å². The zero-order valence-corrected chi connectivity index (χ0v) is 11.7. The molecule has 0 saturated carbocycles. The van der Waals surface area contributed by atoms with Gasteiger partial charge in [0.15, 0.2) is 0 Å². The lowest BCUT2D eigenvalue weighted by atomic mass is 10.1. The molecule has 1 rings (SSSR count). The molecule has 2 N–H and O–H groups in total. The van der Waals surface area contributed by atoms with Gasteiger partial charge in [-0.25, -0.2) is 0 Å². The molecule has 2 atom stereocenters. The molecule has 18 heavy (non-hydrogen) atoms. The zero-order valence-electron chi connectivity index (χ0n) is 11.7. The van der Waals surface area contributed by atoms with E-state index in [0.717, 1.165) is 11.3 Å². The van der Waals surface area contributed by atoms with Crippen LogP contribution in [0.3, 0.4) is 0 Å². The number of nitrogens with one attached hydrogen (secondary N) is 1. The fourth-order valence-electron chi connectivity index (χ4n) is 1.93. The van der Waals surface area contributed by atoms with Gasteiger partial charge in [-0.3, -0.25) is 0 Å². The van der Waals surface area contributed by atoms with Gasteiger partial charge in [0.05, 0.1) is 13.2 Å². The summed E-state index contributed by atoms with van der Waals surface area (Å²) >= 11 is 0. The number of methoxy groups -OCH3 is 1. The molecule has 0 aromatic heterocycles. The Morgan fingerprint density at radius 1 is 1.33 bits per heavy atom. The van der Waals surface area contributed by atoms with Gasteiger partial charge in [0.2, 0.25) is 0 Å². The minimum Gasteiger partial charge on any atom is -0.496 e. The molecule has 1 aromatic rings. The van der Waals surface area contributed by atoms with E-state index in [1.165, 1.54) is 0 Å². The Balaban J connectivity index is 2.52. The lowest BCUT2D eigenvalue weighted by Gasteiger charge is -2.21. The van der Waals surface area contributed by atoms with Crippen molar-refractivity contribution in [3.8, 4) is 5.75 Å². The van der Waals surface area contributed by atoms with Gasteiger partial charge >= 0.3 is 0 Å². The molecular weight excluding hydrogens is 228 g/mol. The predicted molar refractivity (Wildman–Crippen MR) is 74.0 cm³/mol. The van der Waals surface area contributed by atoms with Gasteiger partial charge < -0.3 is 20.1 Å². The SMILES string of the molecule is COc1ccccc1C(C)NCC(O)CN(C)C. The maximum absolute atomic E-state index is 9.81. The van der Waals surface area contributed by atoms with Crippen molar-refractivity contribution in [3.05, 3.63) is 29.8 Å². The van der Waals surface area contributed by atoms with Crippen molar-refractivity contribution in [2.45, 2.75) is 19.1 Å². The van der Waals surface area contributed by atoms with Crippen LogP contribution < -0.4 is 10.1 Å². The Hall–Kier alpha value is -1.10. The van der Waals surface area contributed by atoms with E-state index in [4.69, 9.17) is 4.74 Å². The zero-order chi connectivity index (χ0) is 13.5. The fraction of sp³-hybridized carbons (Fsp3) is 0.571. The number of rotatable bonds is 7. The van der Waals surface area contributed by atoms with Gasteiger partial charge in [0.1, 0.15) is 5.75 Å². The first-order valence-corrected chi connectivity index (χ1v) is 6.23. The van der Waals surface area contributed by atoms with E-state index < -0.39 is 0 Å². The molecule has 0 aliphatic carbocycles. The van der Waals surface area contributed by atoms with Crippen LogP contribution in [-0.4, -0.2) is 50.4 Å². The molecule has 102 valence electrons. The highest BCUT2D eigenvalue weighted by atomic mass is 16.5. The van der Waals surface area contributed by atoms with E-state index in [1.54, 1.807) is 7.11 Å². The summed E-state index contributed by atoms with van der Waals surface area (Å²) in [7, 11) is 5.58. The standard InChI is InChI=1S/C14H24N2O2/c1-11(15-9-12(17)10-16(2)3)13-7-5-6-8-14(13)18-4/h5-8,11-12,15,17H,9-10H2,1-4H3. The van der Waals surface area contributed by atoms with Gasteiger partial charge in [-0.2, -0.15) is 0 Å². The van der Waals surface area contributed by atoms with Gasteiger partial charge in [0.25, 0.3) is 0 Å². The summed E-state index contributed by atoms with van der Waals surface area (Å²) in [4.78, 5) is 1.97. The second-order valence-electron chi connectivity index (χ2n) is 4.79. The van der Waals surface area contributed by atoms with E-state index in [-0.39, 0.29) is 12.1 Å². The molecule has 0 saturated heterocycles. The van der Waals surface area contributed by atoms with Crippen molar-refractivity contribution in [1.29, 1.82) is 0 Å². The third-order valence-corrected chi connectivity index (χ3v) is 2.84. The van der Waals surface area contributed by atoms with E-state index in [0.29, 0.717) is 13.1 Å². The van der Waals surface area contributed by atoms with Crippen molar-refractivity contribution in [2.75, 3.05) is 34.3 Å². The number of ether oxygens (including phenoxy) is 1. The largest absolute Gasteiger partial charge is 0.496 e. The summed E-state index contributed by atoms with van der Waals surface area (Å²) < 4.78 is 5.33. The molecule has 0 amide bonds. The maximum Gasteiger partial charge on any atom is 0.123 e. The topological polar surface area (TPSA) is 44.7 Å². The van der Waals surface area contributed by atoms with Crippen LogP contribution in [0, 0.1) is 0 Å². The summed E-state index contributed by atoms with van der Waals surface area (Å²) in [5, 5.41) is 13.1. The molecule has 4 heteroatoms. The Morgan fingerprint density at radius 3 is 2.61 bits per heavy atom. The van der Waals surface area contributed by atoms with Crippen molar-refractivity contribution >= 4 is 0 Å². The van der Waals surface area contributed by atoms with E-state index in [1.807, 2.05) is 43.3 Å². The molecule has 0 aliphatic rings. The summed E-state index contributed by atoms with van der Waals surface area (Å²) in [6, 6.07) is 8.08. The van der Waals surface area contributed by atoms with Crippen LogP contribution in [-0.2, 0) is 0 Å². The quantitative estimate of drug-likeness (QED) is 0.767. The van der Waals surface area contributed by atoms with E-state index >= 15 is 0 Å². The molecule has 1 aromatic carbocycles. The number of nitrogens with zero attached hydrogens (tertiary/aromatic N) is 1. The summed E-state index contributed by atoms with van der Waals surface area (Å²) in [5.74, 6) is 0.875. The average Bonchev–Trinajstić information content (AvgIpc) is 2.35. The average molecular weight is 252 g/mol. The molecule has 0 bridgehead atoms. The highest BCUT2D eigenvalue weighted by molar-refractivity contribution is 5.35. The smallest absolute Gasteiger partial charge is 0.123 e. The van der Waals surface area contributed by atoms with Crippen molar-refractivity contribution in [3.63, 3.8) is 0 Å². The number of likely N-dealkylation sites (N-methyl/N-ethyl adjacent to an activating group) is 1. The first kappa shape index (κ1) is 15.0. The monoisotopic (exact) mass is 252 g/mol. The normalized spacial score (nSPS) is 14.6. The minimum absolute atomic E-state index is 0.151. The van der Waals surface area contributed by atoms with Crippen LogP contribution in [0.2, 0.25) is 0 Å². The minimum atomic E-state index is -0.364. The van der Waals surface area contributed by atoms with Crippen LogP contribution >= 0.6 is 0 Å². The van der Waals surface area contributed by atoms with Crippen LogP contribution in [0.4, 0.5) is 0 Å². The van der Waals surface area contributed by atoms with E-state index in [9.17, 15) is 5.11 Å².